The van der Waals surface area contributed by atoms with E-state index in [-0.39, 0.29) is 18.2 Å². The van der Waals surface area contributed by atoms with Gasteiger partial charge in [0.25, 0.3) is 11.8 Å². The molecule has 7 nitrogen and oxygen atoms in total. The van der Waals surface area contributed by atoms with Gasteiger partial charge in [0.05, 0.1) is 11.9 Å². The Bertz CT molecular complexity index is 1740. The van der Waals surface area contributed by atoms with Gasteiger partial charge in [-0.15, -0.1) is 11.8 Å². The third kappa shape index (κ3) is 8.54. The molecule has 0 bridgehead atoms. The Kier molecular flexibility index (Phi) is 11.6. The molecule has 0 aliphatic heterocycles. The molecule has 4 aromatic rings. The summed E-state index contributed by atoms with van der Waals surface area (Å²) in [6, 6.07) is 21.8. The summed E-state index contributed by atoms with van der Waals surface area (Å²) >= 11 is 1.01. The van der Waals surface area contributed by atoms with E-state index in [0.717, 1.165) is 11.8 Å². The number of anilines is 2. The zero-order valence-corrected chi connectivity index (χ0v) is 25.5. The molecule has 4 rings (SSSR count). The van der Waals surface area contributed by atoms with E-state index in [9.17, 15) is 31.9 Å². The molecule has 4 aromatic carbocycles. The Morgan fingerprint density at radius 3 is 2.17 bits per heavy atom. The number of benzene rings is 4. The zero-order valence-electron chi connectivity index (χ0n) is 24.7. The van der Waals surface area contributed by atoms with Crippen molar-refractivity contribution in [2.45, 2.75) is 30.4 Å². The minimum absolute atomic E-state index is 0.0532. The van der Waals surface area contributed by atoms with Crippen LogP contribution in [0.15, 0.2) is 95.5 Å². The number of carbonyl (C=O) groups is 3. The van der Waals surface area contributed by atoms with Gasteiger partial charge in [-0.3, -0.25) is 14.4 Å². The van der Waals surface area contributed by atoms with Crippen molar-refractivity contribution in [1.82, 2.24) is 5.32 Å². The summed E-state index contributed by atoms with van der Waals surface area (Å²) in [6.45, 7) is 3.85. The summed E-state index contributed by atoms with van der Waals surface area (Å²) in [5.74, 6) is -8.27. The quantitative estimate of drug-likeness (QED) is 0.0636. The maximum Gasteiger partial charge on any atom is 0.272 e. The van der Waals surface area contributed by atoms with Gasteiger partial charge in [0.2, 0.25) is 5.91 Å². The Hall–Kier alpha value is -5.10. The Morgan fingerprint density at radius 1 is 0.826 bits per heavy atom. The van der Waals surface area contributed by atoms with Gasteiger partial charge in [-0.25, -0.2) is 17.6 Å². The number of para-hydroxylation sites is 1. The number of thioether (sulfide) groups is 1. The van der Waals surface area contributed by atoms with E-state index < -0.39 is 51.9 Å². The lowest BCUT2D eigenvalue weighted by molar-refractivity contribution is -0.116. The number of ether oxygens (including phenoxy) is 1. The monoisotopic (exact) mass is 651 g/mol. The molecule has 12 heteroatoms. The first-order valence-corrected chi connectivity index (χ1v) is 15.0. The molecule has 0 radical (unpaired) electrons. The van der Waals surface area contributed by atoms with Crippen LogP contribution < -0.4 is 20.7 Å². The molecule has 0 saturated carbocycles. The van der Waals surface area contributed by atoms with E-state index in [1.165, 1.54) is 6.08 Å². The second-order valence-electron chi connectivity index (χ2n) is 9.68. The molecular weight excluding hydrogens is 622 g/mol. The van der Waals surface area contributed by atoms with Crippen LogP contribution in [0.2, 0.25) is 0 Å². The number of hydrogen-bond acceptors (Lipinski definition) is 5. The molecule has 0 aliphatic carbocycles. The number of halogens is 4. The highest BCUT2D eigenvalue weighted by atomic mass is 32.2. The number of nitrogens with one attached hydrogen (secondary N) is 3. The predicted octanol–water partition coefficient (Wildman–Crippen LogP) is 7.56. The van der Waals surface area contributed by atoms with E-state index in [1.54, 1.807) is 85.8 Å². The first kappa shape index (κ1) is 33.8. The molecule has 0 fully saturated rings. The van der Waals surface area contributed by atoms with E-state index in [0.29, 0.717) is 34.1 Å². The summed E-state index contributed by atoms with van der Waals surface area (Å²) in [4.78, 5) is 39.9. The largest absolute Gasteiger partial charge is 0.493 e. The van der Waals surface area contributed by atoms with E-state index >= 15 is 0 Å². The number of amides is 3. The van der Waals surface area contributed by atoms with Crippen LogP contribution >= 0.6 is 11.8 Å². The van der Waals surface area contributed by atoms with Crippen molar-refractivity contribution in [3.63, 3.8) is 0 Å². The van der Waals surface area contributed by atoms with Gasteiger partial charge < -0.3 is 20.7 Å². The highest BCUT2D eigenvalue weighted by molar-refractivity contribution is 8.00. The number of rotatable bonds is 12. The lowest BCUT2D eigenvalue weighted by atomic mass is 10.1. The van der Waals surface area contributed by atoms with Crippen LogP contribution in [0.5, 0.6) is 5.75 Å². The van der Waals surface area contributed by atoms with Gasteiger partial charge in [-0.05, 0) is 55.8 Å². The summed E-state index contributed by atoms with van der Waals surface area (Å²) in [5.41, 5.74) is -0.0913. The lowest BCUT2D eigenvalue weighted by Gasteiger charge is -2.17. The summed E-state index contributed by atoms with van der Waals surface area (Å²) in [7, 11) is 0. The van der Waals surface area contributed by atoms with Crippen LogP contribution in [0, 0.1) is 23.3 Å². The maximum absolute atomic E-state index is 14.1. The van der Waals surface area contributed by atoms with Crippen LogP contribution in [-0.4, -0.2) is 29.6 Å². The summed E-state index contributed by atoms with van der Waals surface area (Å²) in [6.07, 6.45) is 1.68. The Labute approximate surface area is 267 Å². The molecule has 3 amide bonds. The van der Waals surface area contributed by atoms with E-state index in [2.05, 4.69) is 10.6 Å². The van der Waals surface area contributed by atoms with Gasteiger partial charge in [0.15, 0.2) is 23.3 Å². The summed E-state index contributed by atoms with van der Waals surface area (Å²) in [5, 5.41) is 6.42. The molecule has 0 saturated heterocycles. The molecule has 0 aromatic heterocycles. The highest BCUT2D eigenvalue weighted by Gasteiger charge is 2.25. The second kappa shape index (κ2) is 15.8. The minimum Gasteiger partial charge on any atom is -0.493 e. The van der Waals surface area contributed by atoms with Crippen LogP contribution in [0.1, 0.15) is 36.2 Å². The van der Waals surface area contributed by atoms with Gasteiger partial charge in [-0.1, -0.05) is 49.4 Å². The third-order valence-corrected chi connectivity index (χ3v) is 7.80. The Morgan fingerprint density at radius 2 is 1.50 bits per heavy atom. The molecule has 0 heterocycles. The maximum atomic E-state index is 14.1. The Balaban J connectivity index is 1.55. The van der Waals surface area contributed by atoms with E-state index in [4.69, 9.17) is 4.74 Å². The normalized spacial score (nSPS) is 11.8. The topological polar surface area (TPSA) is 96.5 Å². The van der Waals surface area contributed by atoms with Crippen molar-refractivity contribution >= 4 is 46.9 Å². The fourth-order valence-electron chi connectivity index (χ4n) is 4.20. The average Bonchev–Trinajstić information content (AvgIpc) is 3.05. The van der Waals surface area contributed by atoms with Crippen molar-refractivity contribution in [1.29, 1.82) is 0 Å². The average molecular weight is 652 g/mol. The van der Waals surface area contributed by atoms with Gasteiger partial charge >= 0.3 is 0 Å². The first-order chi connectivity index (χ1) is 22.1. The standard InChI is InChI=1S/C34H29F4N3O4S/c1-3-28(34(44)41-31-29(37)24(35)19-25(36)30(31)38)46-23-15-10-14-22(18-23)39-33(43)26(40-32(42)20-11-6-5-7-12-20)17-21-13-8-9-16-27(21)45-4-2/h5-19,28H,3-4H2,1-2H3,(H,39,43)(H,40,42)(H,41,44)/b26-17+. The van der Waals surface area contributed by atoms with Crippen LogP contribution in [0.25, 0.3) is 6.08 Å². The van der Waals surface area contributed by atoms with Crippen molar-refractivity contribution in [3.8, 4) is 5.75 Å². The molecule has 1 unspecified atom stereocenters. The molecule has 238 valence electrons. The van der Waals surface area contributed by atoms with Gasteiger partial charge in [0.1, 0.15) is 17.1 Å². The number of carbonyl (C=O) groups excluding carboxylic acids is 3. The SMILES string of the molecule is CCOc1ccccc1/C=C(/NC(=O)c1ccccc1)C(=O)Nc1cccc(SC(CC)C(=O)Nc2c(F)c(F)cc(F)c2F)c1. The zero-order chi connectivity index (χ0) is 33.2. The molecule has 46 heavy (non-hydrogen) atoms. The predicted molar refractivity (Wildman–Crippen MR) is 169 cm³/mol. The fourth-order valence-corrected chi connectivity index (χ4v) is 5.22. The lowest BCUT2D eigenvalue weighted by Crippen LogP contribution is -2.30. The molecule has 1 atom stereocenters. The molecule has 0 spiro atoms. The van der Waals surface area contributed by atoms with Gasteiger partial charge in [0, 0.05) is 27.8 Å². The molecular formula is C34H29F4N3O4S. The van der Waals surface area contributed by atoms with Crippen molar-refractivity contribution in [3.05, 3.63) is 125 Å². The molecule has 3 N–H and O–H groups in total. The van der Waals surface area contributed by atoms with Crippen molar-refractivity contribution in [2.75, 3.05) is 17.2 Å². The van der Waals surface area contributed by atoms with Gasteiger partial charge in [-0.2, -0.15) is 0 Å². The van der Waals surface area contributed by atoms with Crippen LogP contribution in [0.3, 0.4) is 0 Å². The highest BCUT2D eigenvalue weighted by Crippen LogP contribution is 2.31. The second-order valence-corrected chi connectivity index (χ2v) is 11.0. The molecule has 0 aliphatic rings. The minimum atomic E-state index is -1.72. The van der Waals surface area contributed by atoms with E-state index in [1.807, 2.05) is 12.2 Å². The summed E-state index contributed by atoms with van der Waals surface area (Å²) < 4.78 is 61.2. The van der Waals surface area contributed by atoms with Crippen molar-refractivity contribution < 1.29 is 36.7 Å². The first-order valence-electron chi connectivity index (χ1n) is 14.1. The smallest absolute Gasteiger partial charge is 0.272 e. The third-order valence-electron chi connectivity index (χ3n) is 6.44. The number of hydrogen-bond donors (Lipinski definition) is 3. The van der Waals surface area contributed by atoms with Crippen LogP contribution in [-0.2, 0) is 9.59 Å². The van der Waals surface area contributed by atoms with Crippen LogP contribution in [0.4, 0.5) is 28.9 Å². The van der Waals surface area contributed by atoms with Crippen molar-refractivity contribution in [2.24, 2.45) is 0 Å². The fraction of sp³-hybridized carbons (Fsp3) is 0.147.